The second-order valence-electron chi connectivity index (χ2n) is 7.62. The van der Waals surface area contributed by atoms with Gasteiger partial charge in [0.25, 0.3) is 7.82 Å². The molecule has 3 heterocycles. The van der Waals surface area contributed by atoms with Crippen molar-refractivity contribution in [2.45, 2.75) is 55.2 Å². The number of aliphatic carboxylic acids is 1. The van der Waals surface area contributed by atoms with Crippen molar-refractivity contribution in [2.24, 2.45) is 0 Å². The Morgan fingerprint density at radius 3 is 2.17 bits per heavy atom. The molecule has 0 aliphatic carbocycles. The zero-order valence-electron chi connectivity index (χ0n) is 20.9. The number of hydrogen-bond acceptors (Lipinski definition) is 18. The van der Waals surface area contributed by atoms with E-state index in [1.807, 2.05) is 0 Å². The van der Waals surface area contributed by atoms with Crippen LogP contribution in [0.3, 0.4) is 0 Å². The summed E-state index contributed by atoms with van der Waals surface area (Å²) in [5, 5.41) is 71.2. The van der Waals surface area contributed by atoms with Gasteiger partial charge in [-0.3, -0.25) is 13.7 Å². The zero-order chi connectivity index (χ0) is 27.9. The molecule has 0 aromatic carbocycles. The predicted octanol–water partition coefficient (Wildman–Crippen LogP) is -15.9. The van der Waals surface area contributed by atoms with Gasteiger partial charge >= 0.3 is 102 Å². The molecule has 0 bridgehead atoms. The van der Waals surface area contributed by atoms with Gasteiger partial charge in [-0.15, -0.1) is 0 Å². The number of nitrogens with zero attached hydrogens (tertiary/aromatic N) is 2. The fraction of sp³-hybridized carbons (Fsp3) is 0.667. The van der Waals surface area contributed by atoms with Gasteiger partial charge < -0.3 is 64.3 Å². The van der Waals surface area contributed by atoms with Gasteiger partial charge in [0.05, 0.1) is 12.6 Å². The molecule has 2 aliphatic heterocycles. The van der Waals surface area contributed by atoms with Crippen molar-refractivity contribution >= 4 is 21.6 Å². The number of rotatable bonds is 9. The molecule has 3 unspecified atom stereocenters. The van der Waals surface area contributed by atoms with Gasteiger partial charge in [0.15, 0.2) is 12.5 Å². The summed E-state index contributed by atoms with van der Waals surface area (Å²) >= 11 is 0. The molecule has 0 spiro atoms. The van der Waals surface area contributed by atoms with Crippen LogP contribution < -0.4 is 109 Å². The number of aromatic nitrogens is 2. The van der Waals surface area contributed by atoms with Gasteiger partial charge in [0, 0.05) is 6.20 Å². The van der Waals surface area contributed by atoms with Crippen LogP contribution in [0, 0.1) is 0 Å². The molecule has 40 heavy (non-hydrogen) atoms. The first-order chi connectivity index (χ1) is 17.0. The maximum Gasteiger partial charge on any atom is 1.00 e. The predicted molar refractivity (Wildman–Crippen MR) is 101 cm³/mol. The van der Waals surface area contributed by atoms with Gasteiger partial charge in [-0.25, -0.2) is 18.7 Å². The third-order valence-corrected chi connectivity index (χ3v) is 7.62. The van der Waals surface area contributed by atoms with Crippen LogP contribution in [0.1, 0.15) is 6.23 Å². The van der Waals surface area contributed by atoms with Crippen LogP contribution >= 0.6 is 15.6 Å². The second-order valence-corrected chi connectivity index (χ2v) is 10.6. The molecule has 20 nitrogen and oxygen atoms in total. The number of aliphatic hydroxyl groups is 5. The summed E-state index contributed by atoms with van der Waals surface area (Å²) in [7, 11) is -11.6. The fourth-order valence-electron chi connectivity index (χ4n) is 3.28. The first-order valence-electron chi connectivity index (χ1n) is 9.89. The van der Waals surface area contributed by atoms with E-state index in [-0.39, 0.29) is 88.7 Å². The third kappa shape index (κ3) is 10.1. The van der Waals surface area contributed by atoms with Crippen molar-refractivity contribution in [1.29, 1.82) is 0 Å². The van der Waals surface area contributed by atoms with Crippen LogP contribution in [0.4, 0.5) is 0 Å². The number of hydrogen-bond donors (Lipinski definition) is 6. The average Bonchev–Trinajstić information content (AvgIpc) is 3.05. The molecule has 2 fully saturated rings. The molecule has 0 amide bonds. The Morgan fingerprint density at radius 2 is 1.62 bits per heavy atom. The number of carboxylic acid groups (broad SMARTS) is 1. The molecule has 11 atom stereocenters. The molecule has 210 valence electrons. The van der Waals surface area contributed by atoms with E-state index in [0.717, 1.165) is 12.3 Å². The van der Waals surface area contributed by atoms with E-state index in [9.17, 15) is 64.3 Å². The maximum absolute atomic E-state index is 12.1. The molecular formula is C15H19N2Na3O18P2. The second kappa shape index (κ2) is 16.4. The summed E-state index contributed by atoms with van der Waals surface area (Å²) in [5.74, 6) is -3.02. The standard InChI is InChI=1S/C15H22N2O18P2.3Na/c18-5-1-2-17(15(26)16-5)12-9(22)6(19)4(32-12)3-31-36(27,28)35-37(29,30)34-14-10(23)7(20)8(21)11(33-14)13(24)25;;;/h1-2,4,6-12,14,19-23H,3H2,(H,24,25)(H,27,28)(H,29,30)(H,16,18,26);;;/q;3*+1/p-3/t4-,6-,7+,8+,9-,10-,11+,12-,14?;;;/m1.../s1. The van der Waals surface area contributed by atoms with E-state index >= 15 is 0 Å². The minimum atomic E-state index is -5.83. The van der Waals surface area contributed by atoms with Crippen molar-refractivity contribution < 1.29 is 171 Å². The minimum Gasteiger partial charge on any atom is -0.858 e. The Morgan fingerprint density at radius 1 is 1.02 bits per heavy atom. The van der Waals surface area contributed by atoms with Crippen molar-refractivity contribution in [3.8, 4) is 5.88 Å². The van der Waals surface area contributed by atoms with Gasteiger partial charge in [0.1, 0.15) is 42.7 Å². The number of carboxylic acids is 1. The number of aliphatic hydroxyl groups excluding tert-OH is 5. The van der Waals surface area contributed by atoms with E-state index in [4.69, 9.17) is 4.74 Å². The first-order valence-corrected chi connectivity index (χ1v) is 12.8. The monoisotopic (exact) mass is 646 g/mol. The Kier molecular flexibility index (Phi) is 16.9. The van der Waals surface area contributed by atoms with Crippen LogP contribution in [-0.2, 0) is 36.8 Å². The Balaban J connectivity index is 0.00000507. The van der Waals surface area contributed by atoms with Crippen LogP contribution in [0.15, 0.2) is 17.1 Å². The van der Waals surface area contributed by atoms with Crippen molar-refractivity contribution in [1.82, 2.24) is 9.55 Å². The molecule has 6 N–H and O–H groups in total. The Labute approximate surface area is 289 Å². The molecule has 1 aromatic heterocycles. The quantitative estimate of drug-likeness (QED) is 0.107. The Hall–Kier alpha value is 1.13. The number of phosphoric acid groups is 2. The van der Waals surface area contributed by atoms with E-state index in [1.54, 1.807) is 0 Å². The normalized spacial score (nSPS) is 34.7. The smallest absolute Gasteiger partial charge is 0.858 e. The molecule has 25 heteroatoms. The number of phosphoric ester groups is 2. The molecule has 0 radical (unpaired) electrons. The minimum absolute atomic E-state index is 0. The number of carbonyl (C=O) groups is 1. The van der Waals surface area contributed by atoms with Gasteiger partial charge in [-0.05, 0) is 11.9 Å². The molecule has 1 aromatic rings. The SMILES string of the molecule is O=C([O-])[C@H]1OC(OP(=O)(O)OP(=O)([O-])OC[C@H]2O[C@@H](n3ccc([O-])nc3=O)[C@H](O)[C@@H]2O)[C@H](O)[C@@H](O)[C@@H]1O.[Na+].[Na+].[Na+]. The zero-order valence-corrected chi connectivity index (χ0v) is 28.7. The summed E-state index contributed by atoms with van der Waals surface area (Å²) in [6.45, 7) is -1.16. The van der Waals surface area contributed by atoms with Crippen LogP contribution in [0.25, 0.3) is 0 Å². The largest absolute Gasteiger partial charge is 1.00 e. The summed E-state index contributed by atoms with van der Waals surface area (Å²) < 4.78 is 46.9. The van der Waals surface area contributed by atoms with E-state index in [2.05, 4.69) is 23.1 Å². The number of carbonyl (C=O) groups excluding carboxylic acids is 1. The van der Waals surface area contributed by atoms with Crippen LogP contribution in [-0.4, -0.2) is 102 Å². The van der Waals surface area contributed by atoms with Crippen LogP contribution in [0.2, 0.25) is 0 Å². The summed E-state index contributed by atoms with van der Waals surface area (Å²) in [5.41, 5.74) is -1.16. The average molecular weight is 646 g/mol. The summed E-state index contributed by atoms with van der Waals surface area (Å²) in [6.07, 6.45) is -17.9. The van der Waals surface area contributed by atoms with Crippen LogP contribution in [0.5, 0.6) is 5.88 Å². The Bertz CT molecular complexity index is 1160. The molecule has 2 aliphatic rings. The molecule has 3 rings (SSSR count). The third-order valence-electron chi connectivity index (χ3n) is 5.05. The molecular weight excluding hydrogens is 627 g/mol. The van der Waals surface area contributed by atoms with E-state index < -0.39 is 95.0 Å². The summed E-state index contributed by atoms with van der Waals surface area (Å²) in [6, 6.07) is 0.841. The molecule has 2 saturated heterocycles. The van der Waals surface area contributed by atoms with E-state index in [1.165, 1.54) is 0 Å². The first kappa shape index (κ1) is 41.1. The summed E-state index contributed by atoms with van der Waals surface area (Å²) in [4.78, 5) is 47.6. The van der Waals surface area contributed by atoms with Crippen molar-refractivity contribution in [3.63, 3.8) is 0 Å². The van der Waals surface area contributed by atoms with Crippen molar-refractivity contribution in [2.75, 3.05) is 6.61 Å². The molecule has 0 saturated carbocycles. The maximum atomic E-state index is 12.1. The fourth-order valence-corrected chi connectivity index (χ4v) is 5.40. The van der Waals surface area contributed by atoms with Gasteiger partial charge in [-0.2, -0.15) is 0 Å². The van der Waals surface area contributed by atoms with Gasteiger partial charge in [0.2, 0.25) is 0 Å². The van der Waals surface area contributed by atoms with Gasteiger partial charge in [-0.1, -0.05) is 0 Å². The number of ether oxygens (including phenoxy) is 2. The van der Waals surface area contributed by atoms with Crippen molar-refractivity contribution in [3.05, 3.63) is 22.7 Å². The van der Waals surface area contributed by atoms with E-state index in [0.29, 0.717) is 4.57 Å². The topological polar surface area (TPSA) is 323 Å².